The summed E-state index contributed by atoms with van der Waals surface area (Å²) >= 11 is 0. The fourth-order valence-electron chi connectivity index (χ4n) is 4.03. The third-order valence-electron chi connectivity index (χ3n) is 5.66. The molecule has 2 aromatic rings. The van der Waals surface area contributed by atoms with Crippen molar-refractivity contribution in [1.29, 1.82) is 5.26 Å². The Hall–Kier alpha value is -3.18. The average Bonchev–Trinajstić information content (AvgIpc) is 2.80. The zero-order chi connectivity index (χ0) is 20.8. The molecule has 8 nitrogen and oxygen atoms in total. The van der Waals surface area contributed by atoms with Gasteiger partial charge in [0.25, 0.3) is 0 Å². The highest BCUT2D eigenvalue weighted by Gasteiger charge is 2.21. The van der Waals surface area contributed by atoms with E-state index in [2.05, 4.69) is 36.1 Å². The summed E-state index contributed by atoms with van der Waals surface area (Å²) in [4.78, 5) is 27.9. The number of pyridine rings is 2. The second kappa shape index (κ2) is 9.55. The minimum atomic E-state index is -0.0356. The number of piperidine rings is 1. The van der Waals surface area contributed by atoms with Crippen molar-refractivity contribution in [2.45, 2.75) is 19.3 Å². The topological polar surface area (TPSA) is 88.4 Å². The van der Waals surface area contributed by atoms with Gasteiger partial charge in [-0.05, 0) is 43.5 Å². The maximum absolute atomic E-state index is 12.5. The van der Waals surface area contributed by atoms with Crippen LogP contribution in [0.25, 0.3) is 0 Å². The molecule has 0 saturated carbocycles. The largest absolute Gasteiger partial charge is 0.357 e. The van der Waals surface area contributed by atoms with E-state index in [0.29, 0.717) is 12.1 Å². The van der Waals surface area contributed by atoms with Gasteiger partial charge in [-0.1, -0.05) is 0 Å². The summed E-state index contributed by atoms with van der Waals surface area (Å²) in [6.45, 7) is 5.44. The molecule has 156 valence electrons. The SMILES string of the molecule is N#Cc1cccnc1N1CCN(CC(=O)Nc2ccc(N3CCCCC3)nc2)CC1. The highest BCUT2D eigenvalue weighted by molar-refractivity contribution is 5.92. The summed E-state index contributed by atoms with van der Waals surface area (Å²) < 4.78 is 0. The van der Waals surface area contributed by atoms with Crippen LogP contribution in [0.2, 0.25) is 0 Å². The van der Waals surface area contributed by atoms with Gasteiger partial charge in [0.2, 0.25) is 5.91 Å². The van der Waals surface area contributed by atoms with E-state index in [4.69, 9.17) is 0 Å². The number of nitrogens with one attached hydrogen (secondary N) is 1. The van der Waals surface area contributed by atoms with Gasteiger partial charge in [0, 0.05) is 45.5 Å². The molecule has 2 fully saturated rings. The molecule has 4 rings (SSSR count). The molecular weight excluding hydrogens is 378 g/mol. The van der Waals surface area contributed by atoms with Crippen LogP contribution in [0.3, 0.4) is 0 Å². The standard InChI is InChI=1S/C22H27N7O/c23-15-18-5-4-8-24-22(18)29-13-11-27(12-14-29)17-21(30)26-19-6-7-20(25-16-19)28-9-2-1-3-10-28/h4-8,16H,1-3,9-14,17H2,(H,26,30). The van der Waals surface area contributed by atoms with Gasteiger partial charge in [-0.25, -0.2) is 9.97 Å². The molecule has 2 saturated heterocycles. The number of rotatable bonds is 5. The van der Waals surface area contributed by atoms with Crippen LogP contribution < -0.4 is 15.1 Å². The minimum absolute atomic E-state index is 0.0356. The molecule has 0 atom stereocenters. The van der Waals surface area contributed by atoms with Crippen molar-refractivity contribution in [3.8, 4) is 6.07 Å². The summed E-state index contributed by atoms with van der Waals surface area (Å²) in [6.07, 6.45) is 7.17. The fraction of sp³-hybridized carbons (Fsp3) is 0.455. The lowest BCUT2D eigenvalue weighted by molar-refractivity contribution is -0.117. The van der Waals surface area contributed by atoms with Crippen molar-refractivity contribution in [3.63, 3.8) is 0 Å². The minimum Gasteiger partial charge on any atom is -0.357 e. The quantitative estimate of drug-likeness (QED) is 0.815. The highest BCUT2D eigenvalue weighted by Crippen LogP contribution is 2.20. The Morgan fingerprint density at radius 2 is 1.80 bits per heavy atom. The average molecular weight is 406 g/mol. The zero-order valence-corrected chi connectivity index (χ0v) is 17.1. The van der Waals surface area contributed by atoms with Crippen molar-refractivity contribution in [3.05, 3.63) is 42.2 Å². The number of nitrogens with zero attached hydrogens (tertiary/aromatic N) is 6. The molecule has 4 heterocycles. The molecule has 0 spiro atoms. The van der Waals surface area contributed by atoms with Crippen molar-refractivity contribution in [2.24, 2.45) is 0 Å². The van der Waals surface area contributed by atoms with E-state index in [1.54, 1.807) is 24.5 Å². The Balaban J connectivity index is 1.25. The molecule has 1 amide bonds. The fourth-order valence-corrected chi connectivity index (χ4v) is 4.03. The summed E-state index contributed by atoms with van der Waals surface area (Å²) in [5.74, 6) is 1.67. The van der Waals surface area contributed by atoms with E-state index < -0.39 is 0 Å². The zero-order valence-electron chi connectivity index (χ0n) is 17.1. The van der Waals surface area contributed by atoms with Gasteiger partial charge in [-0.3, -0.25) is 9.69 Å². The second-order valence-corrected chi connectivity index (χ2v) is 7.75. The molecule has 2 aliphatic rings. The van der Waals surface area contributed by atoms with Gasteiger partial charge in [0.1, 0.15) is 17.7 Å². The monoisotopic (exact) mass is 405 g/mol. The molecule has 1 N–H and O–H groups in total. The van der Waals surface area contributed by atoms with Crippen LogP contribution in [0.4, 0.5) is 17.3 Å². The second-order valence-electron chi connectivity index (χ2n) is 7.75. The van der Waals surface area contributed by atoms with Gasteiger partial charge in [-0.2, -0.15) is 5.26 Å². The number of carbonyl (C=O) groups is 1. The first kappa shape index (κ1) is 20.1. The first-order valence-corrected chi connectivity index (χ1v) is 10.6. The third-order valence-corrected chi connectivity index (χ3v) is 5.66. The lowest BCUT2D eigenvalue weighted by Gasteiger charge is -2.35. The molecule has 0 unspecified atom stereocenters. The van der Waals surface area contributed by atoms with Crippen molar-refractivity contribution >= 4 is 23.2 Å². The number of hydrogen-bond acceptors (Lipinski definition) is 7. The number of aromatic nitrogens is 2. The van der Waals surface area contributed by atoms with Crippen molar-refractivity contribution in [2.75, 3.05) is 60.9 Å². The number of carbonyl (C=O) groups excluding carboxylic acids is 1. The predicted octanol–water partition coefficient (Wildman–Crippen LogP) is 2.10. The molecule has 0 radical (unpaired) electrons. The van der Waals surface area contributed by atoms with Crippen LogP contribution in [0.15, 0.2) is 36.7 Å². The molecule has 2 aromatic heterocycles. The van der Waals surface area contributed by atoms with Crippen LogP contribution in [0, 0.1) is 11.3 Å². The van der Waals surface area contributed by atoms with E-state index in [1.807, 2.05) is 12.1 Å². The lowest BCUT2D eigenvalue weighted by atomic mass is 10.1. The first-order chi connectivity index (χ1) is 14.7. The summed E-state index contributed by atoms with van der Waals surface area (Å²) in [5, 5.41) is 12.2. The Morgan fingerprint density at radius 1 is 1.00 bits per heavy atom. The normalized spacial score (nSPS) is 17.4. The van der Waals surface area contributed by atoms with Crippen LogP contribution in [0.5, 0.6) is 0 Å². The molecule has 8 heteroatoms. The summed E-state index contributed by atoms with van der Waals surface area (Å²) in [7, 11) is 0. The Morgan fingerprint density at radius 3 is 2.50 bits per heavy atom. The number of nitriles is 1. The number of anilines is 3. The van der Waals surface area contributed by atoms with E-state index in [9.17, 15) is 10.1 Å². The van der Waals surface area contributed by atoms with E-state index in [1.165, 1.54) is 19.3 Å². The molecule has 2 aliphatic heterocycles. The van der Waals surface area contributed by atoms with Crippen molar-refractivity contribution < 1.29 is 4.79 Å². The number of piperazine rings is 1. The van der Waals surface area contributed by atoms with Crippen LogP contribution in [-0.4, -0.2) is 66.6 Å². The summed E-state index contributed by atoms with van der Waals surface area (Å²) in [6, 6.07) is 9.67. The van der Waals surface area contributed by atoms with E-state index >= 15 is 0 Å². The Kier molecular flexibility index (Phi) is 6.40. The lowest BCUT2D eigenvalue weighted by Crippen LogP contribution is -2.49. The smallest absolute Gasteiger partial charge is 0.238 e. The Labute approximate surface area is 177 Å². The van der Waals surface area contributed by atoms with Crippen LogP contribution in [-0.2, 0) is 4.79 Å². The van der Waals surface area contributed by atoms with Gasteiger partial charge in [0.15, 0.2) is 0 Å². The van der Waals surface area contributed by atoms with Crippen LogP contribution >= 0.6 is 0 Å². The third kappa shape index (κ3) is 4.86. The van der Waals surface area contributed by atoms with Gasteiger partial charge in [-0.15, -0.1) is 0 Å². The summed E-state index contributed by atoms with van der Waals surface area (Å²) in [5.41, 5.74) is 1.32. The predicted molar refractivity (Wildman–Crippen MR) is 117 cm³/mol. The molecule has 0 aromatic carbocycles. The first-order valence-electron chi connectivity index (χ1n) is 10.6. The van der Waals surface area contributed by atoms with Gasteiger partial charge < -0.3 is 15.1 Å². The molecule has 30 heavy (non-hydrogen) atoms. The molecular formula is C22H27N7O. The van der Waals surface area contributed by atoms with E-state index in [0.717, 1.165) is 56.6 Å². The number of hydrogen-bond donors (Lipinski definition) is 1. The van der Waals surface area contributed by atoms with Crippen molar-refractivity contribution in [1.82, 2.24) is 14.9 Å². The number of amides is 1. The maximum Gasteiger partial charge on any atom is 0.238 e. The highest BCUT2D eigenvalue weighted by atomic mass is 16.2. The Bertz CT molecular complexity index is 894. The maximum atomic E-state index is 12.5. The van der Waals surface area contributed by atoms with E-state index in [-0.39, 0.29) is 5.91 Å². The molecule has 0 aliphatic carbocycles. The van der Waals surface area contributed by atoms with Gasteiger partial charge in [0.05, 0.1) is 24.0 Å². The molecule has 0 bridgehead atoms. The van der Waals surface area contributed by atoms with Gasteiger partial charge >= 0.3 is 0 Å². The van der Waals surface area contributed by atoms with Crippen LogP contribution in [0.1, 0.15) is 24.8 Å².